The fourth-order valence-electron chi connectivity index (χ4n) is 6.47. The molecule has 0 heterocycles. The lowest BCUT2D eigenvalue weighted by Gasteiger charge is -2.54. The van der Waals surface area contributed by atoms with E-state index in [1.54, 1.807) is 11.1 Å². The molecule has 5 unspecified atom stereocenters. The Morgan fingerprint density at radius 3 is 2.59 bits per heavy atom. The van der Waals surface area contributed by atoms with E-state index in [-0.39, 0.29) is 0 Å². The van der Waals surface area contributed by atoms with Crippen molar-refractivity contribution < 1.29 is 0 Å². The van der Waals surface area contributed by atoms with E-state index in [4.69, 9.17) is 0 Å². The molecule has 3 aliphatic carbocycles. The first-order valence-electron chi connectivity index (χ1n) is 9.62. The summed E-state index contributed by atoms with van der Waals surface area (Å²) in [4.78, 5) is 0. The maximum absolute atomic E-state index is 3.97. The molecule has 0 radical (unpaired) electrons. The Hall–Kier alpha value is -0.780. The van der Waals surface area contributed by atoms with Gasteiger partial charge in [-0.25, -0.2) is 0 Å². The van der Waals surface area contributed by atoms with Crippen molar-refractivity contribution in [1.82, 2.24) is 0 Å². The van der Waals surface area contributed by atoms with Crippen LogP contribution in [0.5, 0.6) is 0 Å². The lowest BCUT2D eigenvalue weighted by Crippen LogP contribution is -2.45. The summed E-state index contributed by atoms with van der Waals surface area (Å²) < 4.78 is 0. The Kier molecular flexibility index (Phi) is 4.67. The third-order valence-electron chi connectivity index (χ3n) is 7.37. The van der Waals surface area contributed by atoms with E-state index < -0.39 is 0 Å². The van der Waals surface area contributed by atoms with E-state index in [9.17, 15) is 0 Å². The molecule has 3 fully saturated rings. The predicted molar refractivity (Wildman–Crippen MR) is 96.7 cm³/mol. The number of allylic oxidation sites excluding steroid dienone is 5. The second-order valence-corrected chi connectivity index (χ2v) is 8.15. The monoisotopic (exact) mass is 298 g/mol. The summed E-state index contributed by atoms with van der Waals surface area (Å²) >= 11 is 0. The second-order valence-electron chi connectivity index (χ2n) is 8.15. The van der Waals surface area contributed by atoms with E-state index >= 15 is 0 Å². The number of rotatable bonds is 3. The van der Waals surface area contributed by atoms with Crippen LogP contribution in [0, 0.1) is 29.1 Å². The smallest absolute Gasteiger partial charge is 0.00824 e. The first-order valence-corrected chi connectivity index (χ1v) is 9.62. The van der Waals surface area contributed by atoms with Gasteiger partial charge in [-0.2, -0.15) is 0 Å². The van der Waals surface area contributed by atoms with Gasteiger partial charge in [0, 0.05) is 0 Å². The van der Waals surface area contributed by atoms with Gasteiger partial charge < -0.3 is 0 Å². The molecule has 122 valence electrons. The molecule has 0 amide bonds. The third-order valence-corrected chi connectivity index (χ3v) is 7.37. The maximum Gasteiger partial charge on any atom is -0.00824 e. The third kappa shape index (κ3) is 2.43. The minimum absolute atomic E-state index is 0.440. The van der Waals surface area contributed by atoms with Crippen LogP contribution in [0.4, 0.5) is 0 Å². The highest BCUT2D eigenvalue weighted by Crippen LogP contribution is 2.61. The Balaban J connectivity index is 1.90. The van der Waals surface area contributed by atoms with E-state index in [2.05, 4.69) is 39.5 Å². The molecule has 22 heavy (non-hydrogen) atoms. The van der Waals surface area contributed by atoms with Crippen molar-refractivity contribution in [3.05, 3.63) is 36.0 Å². The van der Waals surface area contributed by atoms with Crippen LogP contribution in [0.1, 0.15) is 72.1 Å². The van der Waals surface area contributed by atoms with E-state index in [0.29, 0.717) is 5.41 Å². The highest BCUT2D eigenvalue weighted by atomic mass is 14.6. The molecule has 3 rings (SSSR count). The summed E-state index contributed by atoms with van der Waals surface area (Å²) in [6, 6.07) is 0. The molecule has 0 heteroatoms. The van der Waals surface area contributed by atoms with Crippen molar-refractivity contribution >= 4 is 0 Å². The predicted octanol–water partition coefficient (Wildman–Crippen LogP) is 6.70. The van der Waals surface area contributed by atoms with Crippen LogP contribution < -0.4 is 0 Å². The number of hydrogen-bond donors (Lipinski definition) is 0. The first-order chi connectivity index (χ1) is 10.7. The molecule has 3 saturated carbocycles. The summed E-state index contributed by atoms with van der Waals surface area (Å²) in [5.41, 5.74) is 3.93. The molecule has 0 aliphatic heterocycles. The second kappa shape index (κ2) is 6.38. The minimum Gasteiger partial charge on any atom is -0.0991 e. The highest BCUT2D eigenvalue weighted by molar-refractivity contribution is 5.26. The van der Waals surface area contributed by atoms with Crippen LogP contribution in [0.3, 0.4) is 0 Å². The fourth-order valence-corrected chi connectivity index (χ4v) is 6.47. The van der Waals surface area contributed by atoms with Crippen molar-refractivity contribution in [2.75, 3.05) is 0 Å². The van der Waals surface area contributed by atoms with Gasteiger partial charge in [-0.3, -0.25) is 0 Å². The molecular formula is C22H34. The van der Waals surface area contributed by atoms with Crippen LogP contribution in [-0.4, -0.2) is 0 Å². The minimum atomic E-state index is 0.440. The Labute approximate surface area is 137 Å². The number of fused-ring (bicyclic) bond motifs is 3. The summed E-state index contributed by atoms with van der Waals surface area (Å²) in [6.45, 7) is 11.2. The largest absolute Gasteiger partial charge is 0.0991 e. The van der Waals surface area contributed by atoms with Gasteiger partial charge in [0.15, 0.2) is 0 Å². The van der Waals surface area contributed by atoms with Gasteiger partial charge >= 0.3 is 0 Å². The van der Waals surface area contributed by atoms with Gasteiger partial charge in [0.1, 0.15) is 0 Å². The molecule has 0 aromatic carbocycles. The highest BCUT2D eigenvalue weighted by Gasteiger charge is 2.52. The van der Waals surface area contributed by atoms with Gasteiger partial charge in [0.05, 0.1) is 0 Å². The summed E-state index contributed by atoms with van der Waals surface area (Å²) in [5, 5.41) is 0. The molecule has 0 nitrogen and oxygen atoms in total. The first kappa shape index (κ1) is 16.1. The van der Waals surface area contributed by atoms with Crippen LogP contribution in [0.2, 0.25) is 0 Å². The van der Waals surface area contributed by atoms with Gasteiger partial charge in [-0.15, -0.1) is 0 Å². The Bertz CT molecular complexity index is 480. The van der Waals surface area contributed by atoms with E-state index in [1.807, 2.05) is 6.08 Å². The van der Waals surface area contributed by atoms with Crippen molar-refractivity contribution in [2.24, 2.45) is 29.1 Å². The van der Waals surface area contributed by atoms with Crippen molar-refractivity contribution in [2.45, 2.75) is 72.1 Å². The molecule has 3 aliphatic rings. The van der Waals surface area contributed by atoms with E-state index in [0.717, 1.165) is 23.7 Å². The summed E-state index contributed by atoms with van der Waals surface area (Å²) in [6.07, 6.45) is 18.0. The fraction of sp³-hybridized carbons (Fsp3) is 0.727. The Morgan fingerprint density at radius 1 is 1.14 bits per heavy atom. The van der Waals surface area contributed by atoms with Gasteiger partial charge in [-0.1, -0.05) is 56.2 Å². The molecule has 0 spiro atoms. The molecule has 0 bridgehead atoms. The molecule has 0 aromatic heterocycles. The summed E-state index contributed by atoms with van der Waals surface area (Å²) in [5.74, 6) is 3.83. The Morgan fingerprint density at radius 2 is 1.91 bits per heavy atom. The van der Waals surface area contributed by atoms with Crippen molar-refractivity contribution in [3.63, 3.8) is 0 Å². The summed E-state index contributed by atoms with van der Waals surface area (Å²) in [7, 11) is 0. The normalized spacial score (nSPS) is 44.9. The quantitative estimate of drug-likeness (QED) is 0.509. The van der Waals surface area contributed by atoms with E-state index in [1.165, 1.54) is 51.4 Å². The van der Waals surface area contributed by atoms with Crippen LogP contribution in [0.25, 0.3) is 0 Å². The maximum atomic E-state index is 3.97. The van der Waals surface area contributed by atoms with Crippen molar-refractivity contribution in [1.29, 1.82) is 0 Å². The van der Waals surface area contributed by atoms with Crippen LogP contribution in [0.15, 0.2) is 36.0 Å². The molecule has 0 saturated heterocycles. The lowest BCUT2D eigenvalue weighted by atomic mass is 9.51. The van der Waals surface area contributed by atoms with Crippen LogP contribution >= 0.6 is 0 Å². The SMILES string of the molecule is C=C/C=C1/CCC2C3CC/C(=C/C)C3CCC2C1(C)CCC. The van der Waals surface area contributed by atoms with Gasteiger partial charge in [0.2, 0.25) is 0 Å². The zero-order valence-electron chi connectivity index (χ0n) is 14.9. The number of hydrogen-bond acceptors (Lipinski definition) is 0. The molecule has 5 atom stereocenters. The standard InChI is InChI=1S/C22H34/c1-5-8-17-10-12-20-19-11-9-16(7-3)18(19)13-14-21(20)22(17,4)15-6-2/h5,7-8,18-21H,1,6,9-15H2,2-4H3/b16-7-,17-8-. The average Bonchev–Trinajstić information content (AvgIpc) is 2.94. The molecular weight excluding hydrogens is 264 g/mol. The zero-order chi connectivity index (χ0) is 15.7. The molecule has 0 N–H and O–H groups in total. The van der Waals surface area contributed by atoms with Crippen LogP contribution in [-0.2, 0) is 0 Å². The molecule has 0 aromatic rings. The van der Waals surface area contributed by atoms with Gasteiger partial charge in [0.25, 0.3) is 0 Å². The average molecular weight is 299 g/mol. The topological polar surface area (TPSA) is 0 Å². The zero-order valence-corrected chi connectivity index (χ0v) is 14.9. The van der Waals surface area contributed by atoms with Gasteiger partial charge in [-0.05, 0) is 81.0 Å². The van der Waals surface area contributed by atoms with Crippen molar-refractivity contribution in [3.8, 4) is 0 Å². The lowest BCUT2D eigenvalue weighted by molar-refractivity contribution is 0.00979.